The average molecular weight is 131 g/mol. The van der Waals surface area contributed by atoms with Gasteiger partial charge in [0.15, 0.2) is 0 Å². The van der Waals surface area contributed by atoms with E-state index in [9.17, 15) is 0 Å². The zero-order valence-corrected chi connectivity index (χ0v) is 5.90. The Morgan fingerprint density at radius 2 is 1.20 bits per heavy atom. The molecule has 0 heterocycles. The summed E-state index contributed by atoms with van der Waals surface area (Å²) in [6.07, 6.45) is 19.5. The van der Waals surface area contributed by atoms with E-state index in [1.165, 1.54) is 0 Å². The predicted octanol–water partition coefficient (Wildman–Crippen LogP) is 2.82. The zero-order chi connectivity index (χ0) is 7.07. The topological polar surface area (TPSA) is 0 Å². The molecule has 0 fully saturated rings. The van der Waals surface area contributed by atoms with Crippen molar-refractivity contribution in [2.24, 2.45) is 0 Å². The molecular weight excluding hydrogens is 120 g/mol. The Labute approximate surface area is 62.3 Å². The van der Waals surface area contributed by atoms with E-state index >= 15 is 0 Å². The lowest BCUT2D eigenvalue weighted by atomic mass is 10.2. The van der Waals surface area contributed by atoms with Gasteiger partial charge in [-0.25, -0.2) is 0 Å². The Kier molecular flexibility index (Phi) is 3.40. The maximum absolute atomic E-state index is 2.12. The highest BCUT2D eigenvalue weighted by molar-refractivity contribution is 5.19. The largest absolute Gasteiger partial charge is 0.0808 e. The van der Waals surface area contributed by atoms with Crippen LogP contribution in [0, 0.1) is 6.42 Å². The van der Waals surface area contributed by atoms with Gasteiger partial charge in [0.1, 0.15) is 0 Å². The fourth-order valence-electron chi connectivity index (χ4n) is 0.714. The summed E-state index contributed by atoms with van der Waals surface area (Å²) in [5, 5.41) is 0. The Balaban J connectivity index is 2.50. The summed E-state index contributed by atoms with van der Waals surface area (Å²) in [6, 6.07) is 0. The van der Waals surface area contributed by atoms with Crippen LogP contribution in [0.2, 0.25) is 0 Å². The minimum absolute atomic E-state index is 1.02. The van der Waals surface area contributed by atoms with Crippen LogP contribution in [0.4, 0.5) is 0 Å². The van der Waals surface area contributed by atoms with Crippen molar-refractivity contribution < 1.29 is 0 Å². The van der Waals surface area contributed by atoms with Crippen LogP contribution in [0.1, 0.15) is 6.42 Å². The monoisotopic (exact) mass is 131 g/mol. The molecular formula is C10H11. The highest BCUT2D eigenvalue weighted by atomic mass is 13.8. The van der Waals surface area contributed by atoms with Crippen LogP contribution >= 0.6 is 0 Å². The minimum atomic E-state index is 1.02. The van der Waals surface area contributed by atoms with Crippen molar-refractivity contribution in [3.8, 4) is 0 Å². The third-order valence-electron chi connectivity index (χ3n) is 1.21. The SMILES string of the molecule is [CH]1C=CC=CCC=CC=C1. The molecule has 0 amide bonds. The van der Waals surface area contributed by atoms with Crippen LogP contribution in [0.3, 0.4) is 0 Å². The van der Waals surface area contributed by atoms with Crippen molar-refractivity contribution in [3.63, 3.8) is 0 Å². The molecule has 0 aromatic rings. The number of hydrogen-bond acceptors (Lipinski definition) is 0. The Bertz CT molecular complexity index is 138. The second-order valence-corrected chi connectivity index (χ2v) is 2.05. The van der Waals surface area contributed by atoms with E-state index in [2.05, 4.69) is 24.3 Å². The highest BCUT2D eigenvalue weighted by Crippen LogP contribution is 1.93. The molecule has 0 heteroatoms. The van der Waals surface area contributed by atoms with Crippen molar-refractivity contribution in [3.05, 3.63) is 55.0 Å². The molecule has 0 saturated carbocycles. The van der Waals surface area contributed by atoms with Gasteiger partial charge < -0.3 is 0 Å². The van der Waals surface area contributed by atoms with Crippen molar-refractivity contribution >= 4 is 0 Å². The molecule has 0 aromatic heterocycles. The lowest BCUT2D eigenvalue weighted by Gasteiger charge is -1.83. The Hall–Kier alpha value is -1.04. The summed E-state index contributed by atoms with van der Waals surface area (Å²) in [4.78, 5) is 0. The lowest BCUT2D eigenvalue weighted by Crippen LogP contribution is -1.63. The predicted molar refractivity (Wildman–Crippen MR) is 45.5 cm³/mol. The third kappa shape index (κ3) is 3.08. The maximum Gasteiger partial charge on any atom is 0.00506 e. The smallest absolute Gasteiger partial charge is 0.00506 e. The molecule has 1 rings (SSSR count). The van der Waals surface area contributed by atoms with Crippen molar-refractivity contribution in [2.45, 2.75) is 6.42 Å². The van der Waals surface area contributed by atoms with Crippen molar-refractivity contribution in [2.75, 3.05) is 0 Å². The lowest BCUT2D eigenvalue weighted by molar-refractivity contribution is 1.39. The van der Waals surface area contributed by atoms with Gasteiger partial charge in [-0.3, -0.25) is 0 Å². The van der Waals surface area contributed by atoms with E-state index in [-0.39, 0.29) is 0 Å². The molecule has 0 nitrogen and oxygen atoms in total. The molecule has 0 saturated heterocycles. The second kappa shape index (κ2) is 4.80. The van der Waals surface area contributed by atoms with E-state index in [0.29, 0.717) is 0 Å². The standard InChI is InChI=1S/C10H11/c1-2-4-6-8-10-9-7-5-3-1/h1-9H,10H2. The zero-order valence-electron chi connectivity index (χ0n) is 5.90. The minimum Gasteiger partial charge on any atom is -0.0808 e. The van der Waals surface area contributed by atoms with Gasteiger partial charge in [0.05, 0.1) is 0 Å². The van der Waals surface area contributed by atoms with Crippen LogP contribution < -0.4 is 0 Å². The van der Waals surface area contributed by atoms with Crippen molar-refractivity contribution in [1.82, 2.24) is 0 Å². The van der Waals surface area contributed by atoms with Gasteiger partial charge in [-0.1, -0.05) is 48.6 Å². The van der Waals surface area contributed by atoms with Crippen LogP contribution in [0.15, 0.2) is 48.6 Å². The summed E-state index contributed by atoms with van der Waals surface area (Å²) in [6.45, 7) is 0. The summed E-state index contributed by atoms with van der Waals surface area (Å²) in [5.41, 5.74) is 0. The molecule has 0 bridgehead atoms. The van der Waals surface area contributed by atoms with E-state index in [0.717, 1.165) is 6.42 Å². The van der Waals surface area contributed by atoms with E-state index < -0.39 is 0 Å². The molecule has 51 valence electrons. The first-order chi connectivity index (χ1) is 5.00. The molecule has 1 radical (unpaired) electrons. The van der Waals surface area contributed by atoms with Crippen LogP contribution in [0.25, 0.3) is 0 Å². The van der Waals surface area contributed by atoms with E-state index in [4.69, 9.17) is 0 Å². The van der Waals surface area contributed by atoms with E-state index in [1.807, 2.05) is 30.7 Å². The van der Waals surface area contributed by atoms with Gasteiger partial charge in [0, 0.05) is 6.42 Å². The number of hydrogen-bond donors (Lipinski definition) is 0. The first-order valence-electron chi connectivity index (χ1n) is 3.48. The fraction of sp³-hybridized carbons (Fsp3) is 0.100. The molecule has 0 unspecified atom stereocenters. The van der Waals surface area contributed by atoms with Crippen LogP contribution in [-0.4, -0.2) is 0 Å². The van der Waals surface area contributed by atoms with Gasteiger partial charge in [-0.05, 0) is 6.42 Å². The van der Waals surface area contributed by atoms with Gasteiger partial charge in [-0.15, -0.1) is 0 Å². The van der Waals surface area contributed by atoms with Crippen LogP contribution in [-0.2, 0) is 0 Å². The quantitative estimate of drug-likeness (QED) is 0.474. The van der Waals surface area contributed by atoms with E-state index in [1.54, 1.807) is 0 Å². The third-order valence-corrected chi connectivity index (χ3v) is 1.21. The molecule has 0 aromatic carbocycles. The molecule has 0 N–H and O–H groups in total. The normalized spacial score (nSPS) is 17.6. The van der Waals surface area contributed by atoms with Gasteiger partial charge >= 0.3 is 0 Å². The highest BCUT2D eigenvalue weighted by Gasteiger charge is 1.73. The van der Waals surface area contributed by atoms with Gasteiger partial charge in [0.25, 0.3) is 0 Å². The molecule has 0 atom stereocenters. The summed E-state index contributed by atoms with van der Waals surface area (Å²) >= 11 is 0. The molecule has 0 aliphatic heterocycles. The maximum atomic E-state index is 2.12. The number of rotatable bonds is 0. The molecule has 1 aliphatic carbocycles. The Morgan fingerprint density at radius 1 is 0.600 bits per heavy atom. The van der Waals surface area contributed by atoms with Crippen LogP contribution in [0.5, 0.6) is 0 Å². The summed E-state index contributed by atoms with van der Waals surface area (Å²) in [5.74, 6) is 0. The Morgan fingerprint density at radius 3 is 1.80 bits per heavy atom. The summed E-state index contributed by atoms with van der Waals surface area (Å²) < 4.78 is 0. The first-order valence-corrected chi connectivity index (χ1v) is 3.48. The molecule has 1 aliphatic rings. The van der Waals surface area contributed by atoms with Gasteiger partial charge in [0.2, 0.25) is 0 Å². The number of allylic oxidation sites excluding steroid dienone is 8. The van der Waals surface area contributed by atoms with Gasteiger partial charge in [-0.2, -0.15) is 0 Å². The molecule has 10 heavy (non-hydrogen) atoms. The second-order valence-electron chi connectivity index (χ2n) is 2.05. The average Bonchev–Trinajstić information content (AvgIpc) is 2.01. The fourth-order valence-corrected chi connectivity index (χ4v) is 0.714. The first kappa shape index (κ1) is 7.07. The van der Waals surface area contributed by atoms with Crippen molar-refractivity contribution in [1.29, 1.82) is 0 Å². The molecule has 0 spiro atoms. The summed E-state index contributed by atoms with van der Waals surface area (Å²) in [7, 11) is 0.